The number of halogens is 1. The average Bonchev–Trinajstić information content (AvgIpc) is 2.37. The van der Waals surface area contributed by atoms with Crippen LogP contribution in [0.15, 0.2) is 24.3 Å². The Morgan fingerprint density at radius 1 is 1.20 bits per heavy atom. The molecule has 0 aliphatic carbocycles. The van der Waals surface area contributed by atoms with Crippen LogP contribution in [-0.2, 0) is 14.3 Å². The molecular formula is C15H20ClNO3. The maximum absolute atomic E-state index is 11.9. The summed E-state index contributed by atoms with van der Waals surface area (Å²) in [5, 5.41) is 3.48. The van der Waals surface area contributed by atoms with Crippen LogP contribution < -0.4 is 5.32 Å². The largest absolute Gasteiger partial charge is 0.469 e. The zero-order valence-electron chi connectivity index (χ0n) is 12.0. The van der Waals surface area contributed by atoms with Gasteiger partial charge in [0.25, 0.3) is 0 Å². The summed E-state index contributed by atoms with van der Waals surface area (Å²) in [4.78, 5) is 23.4. The van der Waals surface area contributed by atoms with Crippen molar-refractivity contribution in [3.05, 3.63) is 34.9 Å². The topological polar surface area (TPSA) is 55.4 Å². The molecule has 0 fully saturated rings. The van der Waals surface area contributed by atoms with Gasteiger partial charge in [0.05, 0.1) is 19.6 Å². The molecule has 0 spiro atoms. The summed E-state index contributed by atoms with van der Waals surface area (Å²) in [5.41, 5.74) is 0.830. The van der Waals surface area contributed by atoms with E-state index in [0.717, 1.165) is 5.56 Å². The molecule has 4 nitrogen and oxygen atoms in total. The molecule has 0 saturated heterocycles. The molecular weight excluding hydrogens is 278 g/mol. The molecule has 110 valence electrons. The van der Waals surface area contributed by atoms with Crippen molar-refractivity contribution in [3.8, 4) is 0 Å². The number of rotatable bonds is 6. The third kappa shape index (κ3) is 5.61. The zero-order valence-corrected chi connectivity index (χ0v) is 12.7. The number of carbonyl (C=O) groups is 2. The smallest absolute Gasteiger partial charge is 0.307 e. The van der Waals surface area contributed by atoms with E-state index in [1.807, 2.05) is 13.8 Å². The number of methoxy groups -OCH3 is 1. The summed E-state index contributed by atoms with van der Waals surface area (Å²) in [6.07, 6.45) is 0.521. The molecule has 20 heavy (non-hydrogen) atoms. The maximum Gasteiger partial charge on any atom is 0.307 e. The van der Waals surface area contributed by atoms with E-state index in [1.165, 1.54) is 7.11 Å². The average molecular weight is 298 g/mol. The molecule has 1 aromatic rings. The molecule has 1 aromatic carbocycles. The molecule has 1 rings (SSSR count). The Bertz CT molecular complexity index is 457. The normalized spacial score (nSPS) is 12.1. The van der Waals surface area contributed by atoms with E-state index in [2.05, 4.69) is 10.1 Å². The molecule has 0 saturated carbocycles. The highest BCUT2D eigenvalue weighted by Crippen LogP contribution is 2.20. The number of benzene rings is 1. The lowest BCUT2D eigenvalue weighted by Crippen LogP contribution is -2.31. The first kappa shape index (κ1) is 16.5. The summed E-state index contributed by atoms with van der Waals surface area (Å²) in [6, 6.07) is 6.66. The second kappa shape index (κ2) is 7.90. The highest BCUT2D eigenvalue weighted by atomic mass is 35.5. The maximum atomic E-state index is 11.9. The fraction of sp³-hybridized carbons (Fsp3) is 0.467. The lowest BCUT2D eigenvalue weighted by atomic mass is 10.0. The molecule has 1 amide bonds. The van der Waals surface area contributed by atoms with Gasteiger partial charge in [0.15, 0.2) is 0 Å². The highest BCUT2D eigenvalue weighted by molar-refractivity contribution is 6.30. The van der Waals surface area contributed by atoms with Crippen LogP contribution in [0.5, 0.6) is 0 Å². The zero-order chi connectivity index (χ0) is 15.1. The predicted octanol–water partition coefficient (Wildman–Crippen LogP) is 3.11. The lowest BCUT2D eigenvalue weighted by molar-refractivity contribution is -0.141. The molecule has 0 bridgehead atoms. The Hall–Kier alpha value is -1.55. The van der Waals surface area contributed by atoms with E-state index in [0.29, 0.717) is 11.4 Å². The number of carbonyl (C=O) groups excluding carboxylic acids is 2. The highest BCUT2D eigenvalue weighted by Gasteiger charge is 2.19. The molecule has 0 radical (unpaired) electrons. The van der Waals surface area contributed by atoms with E-state index in [4.69, 9.17) is 11.6 Å². The first-order valence-corrected chi connectivity index (χ1v) is 6.91. The molecule has 0 aromatic heterocycles. The number of hydrogen-bond acceptors (Lipinski definition) is 3. The molecule has 0 heterocycles. The van der Waals surface area contributed by atoms with Crippen LogP contribution in [-0.4, -0.2) is 19.0 Å². The lowest BCUT2D eigenvalue weighted by Gasteiger charge is -2.19. The number of amides is 1. The number of hydrogen-bond donors (Lipinski definition) is 1. The fourth-order valence-electron chi connectivity index (χ4n) is 1.82. The Balaban J connectivity index is 2.82. The van der Waals surface area contributed by atoms with Crippen LogP contribution in [0.1, 0.15) is 38.3 Å². The second-order valence-electron chi connectivity index (χ2n) is 5.05. The van der Waals surface area contributed by atoms with Crippen molar-refractivity contribution >= 4 is 23.5 Å². The fourth-order valence-corrected chi connectivity index (χ4v) is 1.95. The molecule has 5 heteroatoms. The van der Waals surface area contributed by atoms with Crippen molar-refractivity contribution in [2.24, 2.45) is 5.92 Å². The molecule has 0 aliphatic rings. The summed E-state index contributed by atoms with van der Waals surface area (Å²) in [6.45, 7) is 3.94. The van der Waals surface area contributed by atoms with Gasteiger partial charge in [0.1, 0.15) is 0 Å². The van der Waals surface area contributed by atoms with E-state index >= 15 is 0 Å². The molecule has 0 aliphatic heterocycles. The van der Waals surface area contributed by atoms with Crippen LogP contribution in [0, 0.1) is 5.92 Å². The minimum Gasteiger partial charge on any atom is -0.469 e. The van der Waals surface area contributed by atoms with Gasteiger partial charge >= 0.3 is 5.97 Å². The van der Waals surface area contributed by atoms with E-state index in [9.17, 15) is 9.59 Å². The molecule has 0 unspecified atom stereocenters. The van der Waals surface area contributed by atoms with E-state index in [-0.39, 0.29) is 24.2 Å². The van der Waals surface area contributed by atoms with Gasteiger partial charge in [-0.3, -0.25) is 9.59 Å². The van der Waals surface area contributed by atoms with Crippen molar-refractivity contribution in [2.75, 3.05) is 7.11 Å². The number of ether oxygens (including phenoxy) is 1. The van der Waals surface area contributed by atoms with Crippen molar-refractivity contribution in [2.45, 2.75) is 32.7 Å². The van der Waals surface area contributed by atoms with Gasteiger partial charge in [-0.05, 0) is 23.6 Å². The van der Waals surface area contributed by atoms with E-state index < -0.39 is 6.04 Å². The quantitative estimate of drug-likeness (QED) is 0.821. The number of esters is 1. The standard InChI is InChI=1S/C15H20ClNO3/c1-10(2)8-14(18)17-13(9-15(19)20-3)11-4-6-12(16)7-5-11/h4-7,10,13H,8-9H2,1-3H3,(H,17,18)/t13-/m0/s1. The van der Waals surface area contributed by atoms with Crippen LogP contribution in [0.2, 0.25) is 5.02 Å². The van der Waals surface area contributed by atoms with Crippen LogP contribution in [0.4, 0.5) is 0 Å². The van der Waals surface area contributed by atoms with E-state index in [1.54, 1.807) is 24.3 Å². The Morgan fingerprint density at radius 3 is 2.30 bits per heavy atom. The number of nitrogens with one attached hydrogen (secondary N) is 1. The first-order valence-electron chi connectivity index (χ1n) is 6.54. The molecule has 1 N–H and O–H groups in total. The molecule has 1 atom stereocenters. The SMILES string of the molecule is COC(=O)C[C@H](NC(=O)CC(C)C)c1ccc(Cl)cc1. The minimum absolute atomic E-state index is 0.0798. The third-order valence-corrected chi connectivity index (χ3v) is 3.05. The van der Waals surface area contributed by atoms with Crippen LogP contribution in [0.25, 0.3) is 0 Å². The summed E-state index contributed by atoms with van der Waals surface area (Å²) in [7, 11) is 1.33. The van der Waals surface area contributed by atoms with Crippen molar-refractivity contribution in [1.82, 2.24) is 5.32 Å². The van der Waals surface area contributed by atoms with Crippen molar-refractivity contribution in [1.29, 1.82) is 0 Å². The summed E-state index contributed by atoms with van der Waals surface area (Å²) >= 11 is 5.84. The first-order chi connectivity index (χ1) is 9.42. The van der Waals surface area contributed by atoms with Gasteiger partial charge < -0.3 is 10.1 Å². The second-order valence-corrected chi connectivity index (χ2v) is 5.49. The summed E-state index contributed by atoms with van der Waals surface area (Å²) < 4.78 is 4.67. The Morgan fingerprint density at radius 2 is 1.80 bits per heavy atom. The van der Waals surface area contributed by atoms with Crippen molar-refractivity contribution < 1.29 is 14.3 Å². The predicted molar refractivity (Wildman–Crippen MR) is 78.4 cm³/mol. The van der Waals surface area contributed by atoms with Gasteiger partial charge in [-0.25, -0.2) is 0 Å². The third-order valence-electron chi connectivity index (χ3n) is 2.80. The van der Waals surface area contributed by atoms with Gasteiger partial charge in [-0.2, -0.15) is 0 Å². The van der Waals surface area contributed by atoms with Gasteiger partial charge in [-0.15, -0.1) is 0 Å². The van der Waals surface area contributed by atoms with Crippen LogP contribution >= 0.6 is 11.6 Å². The monoisotopic (exact) mass is 297 g/mol. The Kier molecular flexibility index (Phi) is 6.52. The van der Waals surface area contributed by atoms with Gasteiger partial charge in [-0.1, -0.05) is 37.6 Å². The van der Waals surface area contributed by atoms with Crippen LogP contribution in [0.3, 0.4) is 0 Å². The Labute approximate surface area is 124 Å². The van der Waals surface area contributed by atoms with Gasteiger partial charge in [0.2, 0.25) is 5.91 Å². The van der Waals surface area contributed by atoms with Crippen molar-refractivity contribution in [3.63, 3.8) is 0 Å². The summed E-state index contributed by atoms with van der Waals surface area (Å²) in [5.74, 6) is -0.183. The van der Waals surface area contributed by atoms with Gasteiger partial charge in [0, 0.05) is 11.4 Å². The minimum atomic E-state index is -0.397.